The van der Waals surface area contributed by atoms with E-state index in [1.165, 1.54) is 12.8 Å². The van der Waals surface area contributed by atoms with E-state index in [4.69, 9.17) is 0 Å². The summed E-state index contributed by atoms with van der Waals surface area (Å²) in [5.74, 6) is 1.52. The highest BCUT2D eigenvalue weighted by molar-refractivity contribution is 5.83. The molecule has 24 heavy (non-hydrogen) atoms. The Balaban J connectivity index is 1.62. The van der Waals surface area contributed by atoms with Crippen LogP contribution >= 0.6 is 0 Å². The molecule has 1 aliphatic rings. The number of nitrogens with one attached hydrogen (secondary N) is 1. The molecule has 1 aliphatic heterocycles. The first-order valence-electron chi connectivity index (χ1n) is 8.67. The second-order valence-electron chi connectivity index (χ2n) is 6.11. The predicted octanol–water partition coefficient (Wildman–Crippen LogP) is 2.89. The number of carbonyl (C=O) groups excluding carboxylic acids is 1. The van der Waals surface area contributed by atoms with Gasteiger partial charge in [0, 0.05) is 19.3 Å². The Bertz CT molecular complexity index is 668. The Morgan fingerprint density at radius 1 is 1.21 bits per heavy atom. The molecular formula is C19H24N4O. The molecule has 0 aliphatic carbocycles. The molecule has 0 unspecified atom stereocenters. The van der Waals surface area contributed by atoms with Gasteiger partial charge in [0.25, 0.3) is 0 Å². The average Bonchev–Trinajstić information content (AvgIpc) is 3.16. The largest absolute Gasteiger partial charge is 0.357 e. The van der Waals surface area contributed by atoms with Gasteiger partial charge in [-0.3, -0.25) is 4.79 Å². The summed E-state index contributed by atoms with van der Waals surface area (Å²) in [4.78, 5) is 23.7. The SMILES string of the molecule is CC[C@H](C(=O)NCc1nccc(N2CCCC2)n1)c1ccccc1. The highest BCUT2D eigenvalue weighted by Gasteiger charge is 2.19. The summed E-state index contributed by atoms with van der Waals surface area (Å²) in [6.45, 7) is 4.50. The molecule has 1 amide bonds. The molecule has 3 rings (SSSR count). The van der Waals surface area contributed by atoms with Gasteiger partial charge in [-0.15, -0.1) is 0 Å². The summed E-state index contributed by atoms with van der Waals surface area (Å²) in [5, 5.41) is 2.98. The quantitative estimate of drug-likeness (QED) is 0.887. The van der Waals surface area contributed by atoms with Crippen molar-refractivity contribution in [2.75, 3.05) is 18.0 Å². The van der Waals surface area contributed by atoms with Gasteiger partial charge in [0.1, 0.15) is 11.6 Å². The normalized spacial score (nSPS) is 15.3. The molecule has 5 heteroatoms. The molecule has 1 N–H and O–H groups in total. The smallest absolute Gasteiger partial charge is 0.227 e. The second-order valence-corrected chi connectivity index (χ2v) is 6.11. The molecular weight excluding hydrogens is 300 g/mol. The van der Waals surface area contributed by atoms with Crippen LogP contribution in [0.3, 0.4) is 0 Å². The zero-order chi connectivity index (χ0) is 16.8. The van der Waals surface area contributed by atoms with Gasteiger partial charge >= 0.3 is 0 Å². The predicted molar refractivity (Wildman–Crippen MR) is 94.8 cm³/mol. The van der Waals surface area contributed by atoms with Crippen LogP contribution < -0.4 is 10.2 Å². The van der Waals surface area contributed by atoms with Crippen LogP contribution in [0, 0.1) is 0 Å². The van der Waals surface area contributed by atoms with Crippen molar-refractivity contribution in [2.45, 2.75) is 38.6 Å². The van der Waals surface area contributed by atoms with E-state index in [0.29, 0.717) is 12.4 Å². The van der Waals surface area contributed by atoms with Gasteiger partial charge in [-0.05, 0) is 30.9 Å². The third-order valence-corrected chi connectivity index (χ3v) is 4.47. The van der Waals surface area contributed by atoms with E-state index in [9.17, 15) is 4.79 Å². The monoisotopic (exact) mass is 324 g/mol. The lowest BCUT2D eigenvalue weighted by atomic mass is 9.96. The summed E-state index contributed by atoms with van der Waals surface area (Å²) >= 11 is 0. The first-order chi connectivity index (χ1) is 11.8. The number of aromatic nitrogens is 2. The number of anilines is 1. The average molecular weight is 324 g/mol. The molecule has 0 saturated carbocycles. The van der Waals surface area contributed by atoms with Crippen LogP contribution in [0.1, 0.15) is 43.5 Å². The molecule has 0 spiro atoms. The third-order valence-electron chi connectivity index (χ3n) is 4.47. The molecule has 2 aromatic rings. The van der Waals surface area contributed by atoms with Crippen molar-refractivity contribution in [1.82, 2.24) is 15.3 Å². The Morgan fingerprint density at radius 3 is 2.67 bits per heavy atom. The van der Waals surface area contributed by atoms with Crippen molar-refractivity contribution < 1.29 is 4.79 Å². The second kappa shape index (κ2) is 7.90. The van der Waals surface area contributed by atoms with Gasteiger partial charge < -0.3 is 10.2 Å². The lowest BCUT2D eigenvalue weighted by molar-refractivity contribution is -0.122. The van der Waals surface area contributed by atoms with E-state index in [-0.39, 0.29) is 11.8 Å². The van der Waals surface area contributed by atoms with Crippen molar-refractivity contribution >= 4 is 11.7 Å². The first kappa shape index (κ1) is 16.4. The number of amides is 1. The summed E-state index contributed by atoms with van der Waals surface area (Å²) in [5.41, 5.74) is 1.05. The molecule has 1 aromatic heterocycles. The standard InChI is InChI=1S/C19H24N4O/c1-2-16(15-8-4-3-5-9-15)19(24)21-14-17-20-11-10-18(22-17)23-12-6-7-13-23/h3-5,8-11,16H,2,6-7,12-14H2,1H3,(H,21,24)/t16-/m0/s1. The highest BCUT2D eigenvalue weighted by atomic mass is 16.1. The summed E-state index contributed by atoms with van der Waals surface area (Å²) in [6, 6.07) is 11.8. The first-order valence-corrected chi connectivity index (χ1v) is 8.67. The molecule has 1 aromatic carbocycles. The number of nitrogens with zero attached hydrogens (tertiary/aromatic N) is 3. The van der Waals surface area contributed by atoms with Crippen LogP contribution in [0.4, 0.5) is 5.82 Å². The zero-order valence-corrected chi connectivity index (χ0v) is 14.1. The van der Waals surface area contributed by atoms with Gasteiger partial charge in [0.2, 0.25) is 5.91 Å². The van der Waals surface area contributed by atoms with E-state index in [1.807, 2.05) is 43.3 Å². The van der Waals surface area contributed by atoms with E-state index in [1.54, 1.807) is 6.20 Å². The van der Waals surface area contributed by atoms with E-state index < -0.39 is 0 Å². The Hall–Kier alpha value is -2.43. The minimum absolute atomic E-state index is 0.0267. The van der Waals surface area contributed by atoms with Gasteiger partial charge in [-0.2, -0.15) is 0 Å². The maximum absolute atomic E-state index is 12.5. The molecule has 1 saturated heterocycles. The zero-order valence-electron chi connectivity index (χ0n) is 14.1. The fourth-order valence-corrected chi connectivity index (χ4v) is 3.14. The fraction of sp³-hybridized carbons (Fsp3) is 0.421. The van der Waals surface area contributed by atoms with E-state index in [2.05, 4.69) is 20.2 Å². The van der Waals surface area contributed by atoms with Gasteiger partial charge in [-0.1, -0.05) is 37.3 Å². The van der Waals surface area contributed by atoms with Crippen molar-refractivity contribution in [3.05, 3.63) is 54.0 Å². The third kappa shape index (κ3) is 3.91. The van der Waals surface area contributed by atoms with Gasteiger partial charge in [-0.25, -0.2) is 9.97 Å². The van der Waals surface area contributed by atoms with Crippen LogP contribution in [0.15, 0.2) is 42.6 Å². The Labute approximate surface area is 143 Å². The van der Waals surface area contributed by atoms with Crippen LogP contribution in [0.2, 0.25) is 0 Å². The number of hydrogen-bond acceptors (Lipinski definition) is 4. The maximum atomic E-state index is 12.5. The fourth-order valence-electron chi connectivity index (χ4n) is 3.14. The van der Waals surface area contributed by atoms with Crippen LogP contribution in [0.5, 0.6) is 0 Å². The molecule has 126 valence electrons. The molecule has 1 fully saturated rings. The minimum Gasteiger partial charge on any atom is -0.357 e. The van der Waals surface area contributed by atoms with Gasteiger partial charge in [0.15, 0.2) is 0 Å². The molecule has 2 heterocycles. The highest BCUT2D eigenvalue weighted by Crippen LogP contribution is 2.20. The van der Waals surface area contributed by atoms with Gasteiger partial charge in [0.05, 0.1) is 12.5 Å². The summed E-state index contributed by atoms with van der Waals surface area (Å²) < 4.78 is 0. The van der Waals surface area contributed by atoms with Crippen molar-refractivity contribution in [2.24, 2.45) is 0 Å². The number of benzene rings is 1. The summed E-state index contributed by atoms with van der Waals surface area (Å²) in [6.07, 6.45) is 4.97. The molecule has 0 radical (unpaired) electrons. The van der Waals surface area contributed by atoms with E-state index in [0.717, 1.165) is 30.9 Å². The van der Waals surface area contributed by atoms with Crippen molar-refractivity contribution in [3.8, 4) is 0 Å². The Kier molecular flexibility index (Phi) is 5.41. The molecule has 5 nitrogen and oxygen atoms in total. The maximum Gasteiger partial charge on any atom is 0.227 e. The molecule has 1 atom stereocenters. The lowest BCUT2D eigenvalue weighted by Crippen LogP contribution is -2.29. The number of hydrogen-bond donors (Lipinski definition) is 1. The van der Waals surface area contributed by atoms with Crippen LogP contribution in [0.25, 0.3) is 0 Å². The topological polar surface area (TPSA) is 58.1 Å². The minimum atomic E-state index is -0.132. The van der Waals surface area contributed by atoms with Crippen LogP contribution in [-0.2, 0) is 11.3 Å². The van der Waals surface area contributed by atoms with Crippen LogP contribution in [-0.4, -0.2) is 29.0 Å². The van der Waals surface area contributed by atoms with Crippen molar-refractivity contribution in [3.63, 3.8) is 0 Å². The van der Waals surface area contributed by atoms with Crippen molar-refractivity contribution in [1.29, 1.82) is 0 Å². The Morgan fingerprint density at radius 2 is 1.96 bits per heavy atom. The number of rotatable bonds is 6. The summed E-state index contributed by atoms with van der Waals surface area (Å²) in [7, 11) is 0. The lowest BCUT2D eigenvalue weighted by Gasteiger charge is -2.17. The van der Waals surface area contributed by atoms with E-state index >= 15 is 0 Å². The number of carbonyl (C=O) groups is 1. The molecule has 0 bridgehead atoms.